The first kappa shape index (κ1) is 20.7. The molecular weight excluding hydrogens is 350 g/mol. The minimum atomic E-state index is -2.84. The van der Waals surface area contributed by atoms with Crippen molar-refractivity contribution in [3.05, 3.63) is 35.9 Å². The highest BCUT2D eigenvalue weighted by atomic mass is 32.2. The molecule has 0 aliphatic carbocycles. The number of hydrogen-bond acceptors (Lipinski definition) is 4. The zero-order chi connectivity index (χ0) is 18.8. The van der Waals surface area contributed by atoms with Crippen molar-refractivity contribution in [1.82, 2.24) is 10.6 Å². The quantitative estimate of drug-likeness (QED) is 0.389. The van der Waals surface area contributed by atoms with Gasteiger partial charge in [0.25, 0.3) is 0 Å². The Hall–Kier alpha value is -1.60. The molecule has 1 aliphatic rings. The van der Waals surface area contributed by atoms with E-state index in [2.05, 4.69) is 34.7 Å². The largest absolute Gasteiger partial charge is 0.374 e. The Morgan fingerprint density at radius 3 is 2.73 bits per heavy atom. The molecule has 1 fully saturated rings. The molecular formula is C19H31N3O3S. The second-order valence-electron chi connectivity index (χ2n) is 6.69. The minimum absolute atomic E-state index is 0.0856. The maximum atomic E-state index is 11.5. The summed E-state index contributed by atoms with van der Waals surface area (Å²) in [5.41, 5.74) is 1.18. The highest BCUT2D eigenvalue weighted by Gasteiger charge is 2.27. The average Bonchev–Trinajstić information content (AvgIpc) is 2.98. The molecule has 0 aromatic heterocycles. The maximum absolute atomic E-state index is 11.5. The van der Waals surface area contributed by atoms with E-state index in [0.717, 1.165) is 31.9 Å². The highest BCUT2D eigenvalue weighted by Crippen LogP contribution is 2.18. The number of benzene rings is 1. The van der Waals surface area contributed by atoms with Gasteiger partial charge in [-0.25, -0.2) is 8.42 Å². The number of nitrogens with one attached hydrogen (secondary N) is 2. The van der Waals surface area contributed by atoms with Gasteiger partial charge in [-0.2, -0.15) is 0 Å². The number of aliphatic imine (C=N–C) groups is 1. The van der Waals surface area contributed by atoms with E-state index < -0.39 is 9.84 Å². The smallest absolute Gasteiger partial charge is 0.191 e. The lowest BCUT2D eigenvalue weighted by Crippen LogP contribution is -2.38. The molecule has 1 aliphatic heterocycles. The lowest BCUT2D eigenvalue weighted by atomic mass is 10.1. The minimum Gasteiger partial charge on any atom is -0.374 e. The van der Waals surface area contributed by atoms with E-state index in [0.29, 0.717) is 18.9 Å². The Morgan fingerprint density at radius 2 is 2.08 bits per heavy atom. The van der Waals surface area contributed by atoms with Gasteiger partial charge in [0, 0.05) is 26.2 Å². The first-order valence-corrected chi connectivity index (χ1v) is 11.2. The van der Waals surface area contributed by atoms with Crippen LogP contribution in [0.15, 0.2) is 35.3 Å². The third-order valence-corrected chi connectivity index (χ3v) is 6.27. The molecule has 2 N–H and O–H groups in total. The van der Waals surface area contributed by atoms with Crippen molar-refractivity contribution in [2.45, 2.75) is 32.8 Å². The zero-order valence-electron chi connectivity index (χ0n) is 15.8. The topological polar surface area (TPSA) is 79.8 Å². The summed E-state index contributed by atoms with van der Waals surface area (Å²) >= 11 is 0. The van der Waals surface area contributed by atoms with E-state index in [1.54, 1.807) is 0 Å². The van der Waals surface area contributed by atoms with Gasteiger partial charge in [0.2, 0.25) is 0 Å². The second kappa shape index (κ2) is 10.5. The van der Waals surface area contributed by atoms with Gasteiger partial charge in [0.1, 0.15) is 0 Å². The number of ether oxygens (including phenoxy) is 1. The molecule has 6 nitrogen and oxygen atoms in total. The van der Waals surface area contributed by atoms with Crippen molar-refractivity contribution in [1.29, 1.82) is 0 Å². The summed E-state index contributed by atoms with van der Waals surface area (Å²) in [6.07, 6.45) is 1.68. The number of hydrogen-bond donors (Lipinski definition) is 2. The SMILES string of the molecule is CCNC(=NCC1CCS(=O)(=O)C1)NCCCOC(C)c1ccccc1. The van der Waals surface area contributed by atoms with E-state index in [-0.39, 0.29) is 17.8 Å². The molecule has 146 valence electrons. The van der Waals surface area contributed by atoms with Crippen LogP contribution in [0.1, 0.15) is 38.4 Å². The molecule has 2 unspecified atom stereocenters. The first-order valence-electron chi connectivity index (χ1n) is 9.39. The van der Waals surface area contributed by atoms with E-state index in [9.17, 15) is 8.42 Å². The van der Waals surface area contributed by atoms with Crippen molar-refractivity contribution < 1.29 is 13.2 Å². The van der Waals surface area contributed by atoms with Crippen molar-refractivity contribution in [2.24, 2.45) is 10.9 Å². The van der Waals surface area contributed by atoms with Gasteiger partial charge < -0.3 is 15.4 Å². The van der Waals surface area contributed by atoms with Crippen LogP contribution in [0.4, 0.5) is 0 Å². The van der Waals surface area contributed by atoms with Crippen LogP contribution in [-0.4, -0.2) is 52.1 Å². The van der Waals surface area contributed by atoms with Gasteiger partial charge in [-0.05, 0) is 38.2 Å². The Kier molecular flexibility index (Phi) is 8.38. The molecule has 0 spiro atoms. The van der Waals surface area contributed by atoms with Crippen LogP contribution < -0.4 is 10.6 Å². The summed E-state index contributed by atoms with van der Waals surface area (Å²) in [5.74, 6) is 1.45. The lowest BCUT2D eigenvalue weighted by Gasteiger charge is -2.15. The van der Waals surface area contributed by atoms with Crippen LogP contribution in [0.2, 0.25) is 0 Å². The van der Waals surface area contributed by atoms with Crippen LogP contribution in [0.3, 0.4) is 0 Å². The molecule has 1 aromatic carbocycles. The summed E-state index contributed by atoms with van der Waals surface area (Å²) in [6, 6.07) is 10.2. The van der Waals surface area contributed by atoms with Crippen molar-refractivity contribution in [2.75, 3.05) is 37.7 Å². The van der Waals surface area contributed by atoms with Crippen LogP contribution in [-0.2, 0) is 14.6 Å². The van der Waals surface area contributed by atoms with E-state index in [1.165, 1.54) is 5.56 Å². The van der Waals surface area contributed by atoms with Crippen LogP contribution >= 0.6 is 0 Å². The molecule has 1 aromatic rings. The van der Waals surface area contributed by atoms with Gasteiger partial charge in [-0.1, -0.05) is 30.3 Å². The fourth-order valence-corrected chi connectivity index (χ4v) is 4.79. The molecule has 1 saturated heterocycles. The molecule has 0 bridgehead atoms. The lowest BCUT2D eigenvalue weighted by molar-refractivity contribution is 0.0646. The van der Waals surface area contributed by atoms with E-state index >= 15 is 0 Å². The number of sulfone groups is 1. The molecule has 1 heterocycles. The summed E-state index contributed by atoms with van der Waals surface area (Å²) in [7, 11) is -2.84. The monoisotopic (exact) mass is 381 g/mol. The number of rotatable bonds is 9. The maximum Gasteiger partial charge on any atom is 0.191 e. The molecule has 0 saturated carbocycles. The molecule has 0 amide bonds. The zero-order valence-corrected chi connectivity index (χ0v) is 16.6. The van der Waals surface area contributed by atoms with Gasteiger partial charge in [-0.3, -0.25) is 4.99 Å². The summed E-state index contributed by atoms with van der Waals surface area (Å²) < 4.78 is 28.9. The standard InChI is InChI=1S/C19H31N3O3S/c1-3-20-19(22-14-17-10-13-26(23,24)15-17)21-11-7-12-25-16(2)18-8-5-4-6-9-18/h4-6,8-9,16-17H,3,7,10-15H2,1-2H3,(H2,20,21,22). The second-order valence-corrected chi connectivity index (χ2v) is 8.92. The van der Waals surface area contributed by atoms with Gasteiger partial charge in [0.05, 0.1) is 17.6 Å². The predicted molar refractivity (Wildman–Crippen MR) is 106 cm³/mol. The first-order chi connectivity index (χ1) is 12.5. The van der Waals surface area contributed by atoms with Crippen LogP contribution in [0.25, 0.3) is 0 Å². The van der Waals surface area contributed by atoms with Gasteiger partial charge in [-0.15, -0.1) is 0 Å². The average molecular weight is 382 g/mol. The van der Waals surface area contributed by atoms with Crippen LogP contribution in [0, 0.1) is 5.92 Å². The van der Waals surface area contributed by atoms with Crippen molar-refractivity contribution >= 4 is 15.8 Å². The van der Waals surface area contributed by atoms with Crippen molar-refractivity contribution in [3.63, 3.8) is 0 Å². The summed E-state index contributed by atoms with van der Waals surface area (Å²) in [5, 5.41) is 6.49. The molecule has 26 heavy (non-hydrogen) atoms. The molecule has 7 heteroatoms. The highest BCUT2D eigenvalue weighted by molar-refractivity contribution is 7.91. The van der Waals surface area contributed by atoms with Gasteiger partial charge in [0.15, 0.2) is 15.8 Å². The predicted octanol–water partition coefficient (Wildman–Crippen LogP) is 2.14. The summed E-state index contributed by atoms with van der Waals surface area (Å²) in [6.45, 7) is 6.83. The Labute approximate surface area is 157 Å². The molecule has 0 radical (unpaired) electrons. The fraction of sp³-hybridized carbons (Fsp3) is 0.632. The molecule has 2 rings (SSSR count). The number of nitrogens with zero attached hydrogens (tertiary/aromatic N) is 1. The van der Waals surface area contributed by atoms with Crippen molar-refractivity contribution in [3.8, 4) is 0 Å². The Bertz CT molecular complexity index is 662. The van der Waals surface area contributed by atoms with E-state index in [4.69, 9.17) is 4.74 Å². The van der Waals surface area contributed by atoms with Crippen LogP contribution in [0.5, 0.6) is 0 Å². The summed E-state index contributed by atoms with van der Waals surface area (Å²) in [4.78, 5) is 4.53. The Balaban J connectivity index is 1.67. The fourth-order valence-electron chi connectivity index (χ4n) is 2.94. The third kappa shape index (κ3) is 7.33. The Morgan fingerprint density at radius 1 is 1.31 bits per heavy atom. The third-order valence-electron chi connectivity index (χ3n) is 4.43. The number of guanidine groups is 1. The van der Waals surface area contributed by atoms with Gasteiger partial charge >= 0.3 is 0 Å². The molecule has 2 atom stereocenters. The normalized spacial score (nSPS) is 20.7. The van der Waals surface area contributed by atoms with E-state index in [1.807, 2.05) is 25.1 Å².